The molecule has 5 nitrogen and oxygen atoms in total. The van der Waals surface area contributed by atoms with Gasteiger partial charge in [-0.05, 0) is 86.6 Å². The van der Waals surface area contributed by atoms with Gasteiger partial charge in [-0.1, -0.05) is 36.4 Å². The van der Waals surface area contributed by atoms with E-state index < -0.39 is 0 Å². The highest BCUT2D eigenvalue weighted by Gasteiger charge is 2.28. The third kappa shape index (κ3) is 4.24. The van der Waals surface area contributed by atoms with Gasteiger partial charge in [0.2, 0.25) is 5.91 Å². The fourth-order valence-corrected chi connectivity index (χ4v) is 5.31. The molecular formula is C30H28N4O. The molecule has 2 heterocycles. The summed E-state index contributed by atoms with van der Waals surface area (Å²) in [6.07, 6.45) is 6.36. The number of nitrogens with one attached hydrogen (secondary N) is 1. The number of aromatic nitrogens is 2. The Balaban J connectivity index is 1.66. The van der Waals surface area contributed by atoms with Gasteiger partial charge in [0, 0.05) is 22.8 Å². The monoisotopic (exact) mass is 460 g/mol. The molecule has 1 amide bonds. The van der Waals surface area contributed by atoms with Crippen molar-refractivity contribution in [3.8, 4) is 6.07 Å². The van der Waals surface area contributed by atoms with Crippen molar-refractivity contribution in [3.05, 3.63) is 99.9 Å². The molecule has 0 aliphatic heterocycles. The first-order valence-corrected chi connectivity index (χ1v) is 12.0. The number of hydrogen-bond acceptors (Lipinski definition) is 3. The Bertz CT molecular complexity index is 1520. The number of rotatable bonds is 4. The van der Waals surface area contributed by atoms with Crippen molar-refractivity contribution in [2.24, 2.45) is 0 Å². The summed E-state index contributed by atoms with van der Waals surface area (Å²) < 4.78 is 2.18. The van der Waals surface area contributed by atoms with Crippen LogP contribution >= 0.6 is 0 Å². The van der Waals surface area contributed by atoms with E-state index in [1.807, 2.05) is 51.1 Å². The average Bonchev–Trinajstić information content (AvgIpc) is 3.15. The maximum absolute atomic E-state index is 12.8. The van der Waals surface area contributed by atoms with Gasteiger partial charge in [0.05, 0.1) is 17.3 Å². The SMILES string of the molecule is Cc1cccc(NC(=O)C=Cc2c(C#N)c3c(C)cc(C)nc3n2[C@H]2CCCc3ccccc32)c1. The summed E-state index contributed by atoms with van der Waals surface area (Å²) in [5.74, 6) is -0.235. The number of anilines is 1. The molecule has 174 valence electrons. The molecule has 1 N–H and O–H groups in total. The quantitative estimate of drug-likeness (QED) is 0.358. The third-order valence-corrected chi connectivity index (χ3v) is 6.76. The van der Waals surface area contributed by atoms with Crippen LogP contribution in [0.2, 0.25) is 0 Å². The van der Waals surface area contributed by atoms with Crippen molar-refractivity contribution in [3.63, 3.8) is 0 Å². The van der Waals surface area contributed by atoms with Crippen molar-refractivity contribution in [1.82, 2.24) is 9.55 Å². The molecule has 5 heteroatoms. The van der Waals surface area contributed by atoms with E-state index >= 15 is 0 Å². The van der Waals surface area contributed by atoms with Crippen LogP contribution in [0.5, 0.6) is 0 Å². The summed E-state index contributed by atoms with van der Waals surface area (Å²) >= 11 is 0. The minimum atomic E-state index is -0.235. The standard InChI is InChI=1S/C30H28N4O/c1-19-8-6-11-23(16-19)33-28(35)15-14-27-25(18-31)29-20(2)17-21(3)32-30(29)34(27)26-13-7-10-22-9-4-5-12-24(22)26/h4-6,8-9,11-12,14-17,26H,7,10,13H2,1-3H3,(H,33,35)/t26-/m0/s1. The van der Waals surface area contributed by atoms with Gasteiger partial charge in [0.25, 0.3) is 0 Å². The molecule has 1 aliphatic rings. The highest BCUT2D eigenvalue weighted by molar-refractivity contribution is 6.03. The number of aryl methyl sites for hydroxylation is 4. The van der Waals surface area contributed by atoms with E-state index in [1.165, 1.54) is 17.2 Å². The summed E-state index contributed by atoms with van der Waals surface area (Å²) in [4.78, 5) is 17.7. The van der Waals surface area contributed by atoms with Crippen LogP contribution in [0.1, 0.15) is 58.1 Å². The topological polar surface area (TPSA) is 70.7 Å². The summed E-state index contributed by atoms with van der Waals surface area (Å²) in [5, 5.41) is 14.0. The summed E-state index contributed by atoms with van der Waals surface area (Å²) in [7, 11) is 0. The van der Waals surface area contributed by atoms with Gasteiger partial charge in [-0.2, -0.15) is 5.26 Å². The molecule has 1 aliphatic carbocycles. The maximum Gasteiger partial charge on any atom is 0.248 e. The molecule has 5 rings (SSSR count). The molecule has 0 radical (unpaired) electrons. The van der Waals surface area contributed by atoms with Crippen molar-refractivity contribution in [2.75, 3.05) is 5.32 Å². The molecular weight excluding hydrogens is 432 g/mol. The van der Waals surface area contributed by atoms with E-state index in [9.17, 15) is 10.1 Å². The molecule has 0 saturated carbocycles. The lowest BCUT2D eigenvalue weighted by Crippen LogP contribution is -2.19. The van der Waals surface area contributed by atoms with Crippen LogP contribution in [-0.2, 0) is 11.2 Å². The van der Waals surface area contributed by atoms with E-state index in [0.717, 1.165) is 58.5 Å². The zero-order valence-corrected chi connectivity index (χ0v) is 20.3. The predicted octanol–water partition coefficient (Wildman–Crippen LogP) is 6.41. The Hall–Kier alpha value is -4.17. The number of nitriles is 1. The molecule has 2 aromatic carbocycles. The zero-order valence-electron chi connectivity index (χ0n) is 20.3. The van der Waals surface area contributed by atoms with E-state index in [1.54, 1.807) is 6.08 Å². The summed E-state index contributed by atoms with van der Waals surface area (Å²) in [5.41, 5.74) is 8.44. The first-order chi connectivity index (χ1) is 17.0. The molecule has 0 unspecified atom stereocenters. The largest absolute Gasteiger partial charge is 0.323 e. The minimum Gasteiger partial charge on any atom is -0.323 e. The molecule has 0 fully saturated rings. The first kappa shape index (κ1) is 22.6. The number of nitrogens with zero attached hydrogens (tertiary/aromatic N) is 3. The fraction of sp³-hybridized carbons (Fsp3) is 0.233. The Morgan fingerprint density at radius 3 is 2.77 bits per heavy atom. The summed E-state index contributed by atoms with van der Waals surface area (Å²) in [6.45, 7) is 5.99. The number of amides is 1. The number of hydrogen-bond donors (Lipinski definition) is 1. The van der Waals surface area contributed by atoms with Crippen LogP contribution in [0.4, 0.5) is 5.69 Å². The fourth-order valence-electron chi connectivity index (χ4n) is 5.31. The van der Waals surface area contributed by atoms with Gasteiger partial charge in [-0.25, -0.2) is 4.98 Å². The number of pyridine rings is 1. The van der Waals surface area contributed by atoms with Crippen LogP contribution in [0, 0.1) is 32.1 Å². The van der Waals surface area contributed by atoms with E-state index in [2.05, 4.69) is 40.2 Å². The highest BCUT2D eigenvalue weighted by Crippen LogP contribution is 2.39. The Kier molecular flexibility index (Phi) is 5.96. The number of carbonyl (C=O) groups is 1. The molecule has 1 atom stereocenters. The molecule has 4 aromatic rings. The molecule has 0 bridgehead atoms. The second-order valence-electron chi connectivity index (χ2n) is 9.32. The second kappa shape index (κ2) is 9.23. The first-order valence-electron chi connectivity index (χ1n) is 12.0. The molecule has 0 spiro atoms. The zero-order chi connectivity index (χ0) is 24.5. The van der Waals surface area contributed by atoms with Crippen LogP contribution in [0.3, 0.4) is 0 Å². The second-order valence-corrected chi connectivity index (χ2v) is 9.32. The number of fused-ring (bicyclic) bond motifs is 2. The number of carbonyl (C=O) groups excluding carboxylic acids is 1. The van der Waals surface area contributed by atoms with Gasteiger partial charge in [0.15, 0.2) is 0 Å². The maximum atomic E-state index is 12.8. The normalized spacial score (nSPS) is 15.2. The highest BCUT2D eigenvalue weighted by atomic mass is 16.1. The summed E-state index contributed by atoms with van der Waals surface area (Å²) in [6, 6.07) is 20.7. The number of benzene rings is 2. The van der Waals surface area contributed by atoms with Crippen molar-refractivity contribution >= 4 is 28.7 Å². The van der Waals surface area contributed by atoms with Crippen LogP contribution < -0.4 is 5.32 Å². The van der Waals surface area contributed by atoms with Gasteiger partial charge < -0.3 is 9.88 Å². The average molecular weight is 461 g/mol. The van der Waals surface area contributed by atoms with Gasteiger partial charge in [-0.15, -0.1) is 0 Å². The molecule has 35 heavy (non-hydrogen) atoms. The van der Waals surface area contributed by atoms with E-state index in [0.29, 0.717) is 5.56 Å². The van der Waals surface area contributed by atoms with Gasteiger partial charge in [-0.3, -0.25) is 4.79 Å². The predicted molar refractivity (Wildman–Crippen MR) is 140 cm³/mol. The van der Waals surface area contributed by atoms with E-state index in [-0.39, 0.29) is 11.9 Å². The minimum absolute atomic E-state index is 0.0535. The van der Waals surface area contributed by atoms with E-state index in [4.69, 9.17) is 4.98 Å². The lowest BCUT2D eigenvalue weighted by molar-refractivity contribution is -0.111. The van der Waals surface area contributed by atoms with Crippen LogP contribution in [0.15, 0.2) is 60.7 Å². The van der Waals surface area contributed by atoms with Crippen LogP contribution in [-0.4, -0.2) is 15.5 Å². The van der Waals surface area contributed by atoms with Crippen molar-refractivity contribution < 1.29 is 4.79 Å². The Morgan fingerprint density at radius 2 is 1.97 bits per heavy atom. The van der Waals surface area contributed by atoms with Gasteiger partial charge in [0.1, 0.15) is 11.7 Å². The smallest absolute Gasteiger partial charge is 0.248 e. The molecule has 0 saturated heterocycles. The lowest BCUT2D eigenvalue weighted by atomic mass is 9.87. The Labute approximate surface area is 205 Å². The van der Waals surface area contributed by atoms with Crippen molar-refractivity contribution in [2.45, 2.75) is 46.1 Å². The Morgan fingerprint density at radius 1 is 1.14 bits per heavy atom. The lowest BCUT2D eigenvalue weighted by Gasteiger charge is -2.28. The van der Waals surface area contributed by atoms with Crippen molar-refractivity contribution in [1.29, 1.82) is 5.26 Å². The van der Waals surface area contributed by atoms with Gasteiger partial charge >= 0.3 is 0 Å². The van der Waals surface area contributed by atoms with Crippen LogP contribution in [0.25, 0.3) is 17.1 Å². The molecule has 2 aromatic heterocycles. The third-order valence-electron chi connectivity index (χ3n) is 6.76.